The number of pyridine rings is 1. The number of alkyl halides is 6. The van der Waals surface area contributed by atoms with Gasteiger partial charge in [0.15, 0.2) is 0 Å². The van der Waals surface area contributed by atoms with Crippen LogP contribution in [-0.4, -0.2) is 157 Å². The van der Waals surface area contributed by atoms with Crippen molar-refractivity contribution in [2.24, 2.45) is 0 Å². The molecule has 3 atom stereocenters. The van der Waals surface area contributed by atoms with E-state index in [1.165, 1.54) is 0 Å². The van der Waals surface area contributed by atoms with E-state index >= 15 is 0 Å². The number of halogens is 6. The summed E-state index contributed by atoms with van der Waals surface area (Å²) in [5.41, 5.74) is 0.158. The maximum atomic E-state index is 14.9. The highest BCUT2D eigenvalue weighted by Gasteiger charge is 2.45. The average molecular weight is 1250 g/mol. The van der Waals surface area contributed by atoms with E-state index < -0.39 is 158 Å². The number of hydrogen-bond donors (Lipinski definition) is 8. The number of carboxylic acids is 4. The van der Waals surface area contributed by atoms with Crippen molar-refractivity contribution in [1.29, 1.82) is 0 Å². The molecule has 3 aromatic heterocycles. The monoisotopic (exact) mass is 1250 g/mol. The predicted octanol–water partition coefficient (Wildman–Crippen LogP) is 9.81. The Balaban J connectivity index is 1.55. The van der Waals surface area contributed by atoms with E-state index in [1.807, 2.05) is 33.8 Å². The van der Waals surface area contributed by atoms with Gasteiger partial charge < -0.3 is 60.0 Å². The smallest absolute Gasteiger partial charge is 0.416 e. The first-order valence-corrected chi connectivity index (χ1v) is 28.6. The van der Waals surface area contributed by atoms with Gasteiger partial charge in [0.2, 0.25) is 29.5 Å². The summed E-state index contributed by atoms with van der Waals surface area (Å²) in [6.45, 7) is 6.78. The molecule has 3 aliphatic rings. The van der Waals surface area contributed by atoms with Crippen molar-refractivity contribution in [3.05, 3.63) is 92.3 Å². The lowest BCUT2D eigenvalue weighted by molar-refractivity contribution is -0.153. The van der Waals surface area contributed by atoms with E-state index in [1.54, 1.807) is 32.9 Å². The lowest BCUT2D eigenvalue weighted by Crippen LogP contribution is -2.51. The van der Waals surface area contributed by atoms with Gasteiger partial charge in [0, 0.05) is 57.7 Å². The lowest BCUT2D eigenvalue weighted by atomic mass is 9.71. The Kier molecular flexibility index (Phi) is 20.3. The highest BCUT2D eigenvalue weighted by molar-refractivity contribution is 5.97. The number of nitrogens with zero attached hydrogens (tertiary/aromatic N) is 6. The van der Waals surface area contributed by atoms with E-state index in [4.69, 9.17) is 14.7 Å². The van der Waals surface area contributed by atoms with Gasteiger partial charge in [-0.3, -0.25) is 43.1 Å². The van der Waals surface area contributed by atoms with Crippen LogP contribution in [0.25, 0.3) is 44.2 Å². The quantitative estimate of drug-likeness (QED) is 0.0195. The highest BCUT2D eigenvalue weighted by Crippen LogP contribution is 2.53. The number of nitrogens with one attached hydrogen (secondary N) is 2. The molecule has 8 bridgehead atoms. The summed E-state index contributed by atoms with van der Waals surface area (Å²) < 4.78 is 93.9. The summed E-state index contributed by atoms with van der Waals surface area (Å²) in [7, 11) is 0. The van der Waals surface area contributed by atoms with E-state index in [-0.39, 0.29) is 45.2 Å². The van der Waals surface area contributed by atoms with Crippen LogP contribution >= 0.6 is 0 Å². The molecule has 28 heteroatoms. The van der Waals surface area contributed by atoms with Crippen LogP contribution in [0.3, 0.4) is 0 Å². The topological polar surface area (TPSA) is 322 Å². The van der Waals surface area contributed by atoms with Crippen molar-refractivity contribution in [3.63, 3.8) is 0 Å². The fourth-order valence-corrected chi connectivity index (χ4v) is 11.6. The van der Waals surface area contributed by atoms with Crippen LogP contribution in [0.4, 0.5) is 26.3 Å². The van der Waals surface area contributed by atoms with Crippen LogP contribution in [0, 0.1) is 20.8 Å². The number of H-pyrrole nitrogens is 2. The van der Waals surface area contributed by atoms with Gasteiger partial charge in [0.25, 0.3) is 0 Å². The van der Waals surface area contributed by atoms with Gasteiger partial charge in [-0.15, -0.1) is 0 Å². The maximum Gasteiger partial charge on any atom is 0.416 e. The number of ether oxygens (including phenoxy) is 1. The van der Waals surface area contributed by atoms with Crippen LogP contribution in [-0.2, 0) is 69.0 Å². The number of aromatic hydroxyl groups is 2. The minimum Gasteiger partial charge on any atom is -0.494 e. The molecule has 0 aliphatic carbocycles. The number of carboxylic acid groups (broad SMARTS) is 4. The first-order valence-electron chi connectivity index (χ1n) is 28.6. The summed E-state index contributed by atoms with van der Waals surface area (Å²) in [4.78, 5) is 108. The molecule has 0 spiro atoms. The Bertz CT molecular complexity index is 3770. The second-order valence-corrected chi connectivity index (χ2v) is 22.6. The van der Waals surface area contributed by atoms with Gasteiger partial charge >= 0.3 is 36.2 Å². The molecule has 1 aromatic carbocycles. The number of rotatable bonds is 25. The molecular weight excluding hydrogens is 1180 g/mol. The van der Waals surface area contributed by atoms with E-state index in [2.05, 4.69) is 16.9 Å². The van der Waals surface area contributed by atoms with E-state index in [9.17, 15) is 90.5 Å². The highest BCUT2D eigenvalue weighted by atomic mass is 19.4. The third kappa shape index (κ3) is 14.6. The largest absolute Gasteiger partial charge is 0.494 e. The zero-order chi connectivity index (χ0) is 65.9. The number of carbonyl (C=O) groups excluding carboxylic acids is 3. The van der Waals surface area contributed by atoms with Crippen molar-refractivity contribution >= 4 is 74.6 Å². The van der Waals surface area contributed by atoms with Crippen molar-refractivity contribution in [2.75, 3.05) is 45.9 Å². The zero-order valence-electron chi connectivity index (χ0n) is 50.1. The number of amides is 3. The Labute approximate surface area is 505 Å². The fraction of sp³-hybridized carbons (Fsp3) is 0.459. The number of carbonyl (C=O) groups is 7. The molecule has 6 heterocycles. The number of aromatic amines is 2. The Morgan fingerprint density at radius 3 is 1.79 bits per heavy atom. The molecule has 22 nitrogen and oxygen atoms in total. The van der Waals surface area contributed by atoms with Gasteiger partial charge in [-0.05, 0) is 105 Å². The lowest BCUT2D eigenvalue weighted by Gasteiger charge is -2.32. The summed E-state index contributed by atoms with van der Waals surface area (Å²) in [6.07, 6.45) is -7.92. The first kappa shape index (κ1) is 67.6. The second-order valence-electron chi connectivity index (χ2n) is 22.6. The molecule has 480 valence electrons. The van der Waals surface area contributed by atoms with Crippen molar-refractivity contribution in [2.45, 2.75) is 137 Å². The van der Waals surface area contributed by atoms with Crippen LogP contribution in [0.1, 0.15) is 141 Å². The summed E-state index contributed by atoms with van der Waals surface area (Å²) in [5, 5.41) is 63.2. The average Bonchev–Trinajstić information content (AvgIpc) is 1.62. The molecule has 3 unspecified atom stereocenters. The summed E-state index contributed by atoms with van der Waals surface area (Å²) in [5.74, 6) is -13.1. The van der Waals surface area contributed by atoms with Crippen LogP contribution in [0.2, 0.25) is 0 Å². The van der Waals surface area contributed by atoms with Gasteiger partial charge in [-0.1, -0.05) is 53.0 Å². The molecule has 0 radical (unpaired) electrons. The normalized spacial score (nSPS) is 15.1. The minimum atomic E-state index is -5.40. The SMILES string of the molecule is CCCCCCOC(C)c1c(C)c2cc3nc(c4c5nc(cc6[nH]c(cc1[nH]2)c(C)c6CC)c(C)c-5c(O)n(Cc1ccc(C(F)(F)F)cc1C(F)(F)F)c4O)C(C)(CCC(=O)N(CC(=O)N(CC(=O)O)CC(=O)O)CC(=O)N(CC(=O)O)CC(=O)O)C3C. The van der Waals surface area contributed by atoms with Gasteiger partial charge in [0.1, 0.15) is 39.3 Å². The number of fused-ring (bicyclic) bond motifs is 8. The molecular formula is C61H70F6N8O14. The van der Waals surface area contributed by atoms with Crippen LogP contribution < -0.4 is 0 Å². The molecule has 89 heavy (non-hydrogen) atoms. The Morgan fingerprint density at radius 1 is 0.685 bits per heavy atom. The van der Waals surface area contributed by atoms with Gasteiger partial charge in [-0.25, -0.2) is 4.98 Å². The van der Waals surface area contributed by atoms with Crippen LogP contribution in [0.15, 0.2) is 36.4 Å². The number of aromatic nitrogens is 5. The number of benzene rings is 1. The zero-order valence-corrected chi connectivity index (χ0v) is 50.1. The molecule has 0 saturated heterocycles. The van der Waals surface area contributed by atoms with E-state index in [0.29, 0.717) is 66.5 Å². The van der Waals surface area contributed by atoms with Crippen LogP contribution in [0.5, 0.6) is 11.8 Å². The molecule has 3 amide bonds. The molecule has 8 N–H and O–H groups in total. The first-order chi connectivity index (χ1) is 41.6. The Morgan fingerprint density at radius 2 is 1.25 bits per heavy atom. The van der Waals surface area contributed by atoms with Crippen molar-refractivity contribution in [3.8, 4) is 23.0 Å². The van der Waals surface area contributed by atoms with E-state index in [0.717, 1.165) is 47.9 Å². The number of hydrogen-bond acceptors (Lipinski definition) is 12. The van der Waals surface area contributed by atoms with Gasteiger partial charge in [0.05, 0.1) is 51.6 Å². The molecule has 4 aromatic rings. The van der Waals surface area contributed by atoms with Crippen molar-refractivity contribution in [1.82, 2.24) is 39.2 Å². The molecule has 0 saturated carbocycles. The number of unbranched alkanes of at least 4 members (excludes halogenated alkanes) is 3. The number of aliphatic carboxylic acids is 4. The summed E-state index contributed by atoms with van der Waals surface area (Å²) in [6, 6.07) is 6.25. The fourth-order valence-electron chi connectivity index (χ4n) is 11.6. The van der Waals surface area contributed by atoms with Crippen molar-refractivity contribution < 1.29 is 95.3 Å². The Hall–Kier alpha value is -8.95. The molecule has 7 rings (SSSR count). The molecule has 3 aliphatic heterocycles. The third-order valence-electron chi connectivity index (χ3n) is 16.6. The minimum absolute atomic E-state index is 0.0857. The molecule has 0 fully saturated rings. The maximum absolute atomic E-state index is 14.9. The summed E-state index contributed by atoms with van der Waals surface area (Å²) >= 11 is 0. The standard InChI is InChI=1S/C61H70F6N8O14/c1-9-11-12-13-18-89-34(7)52-31(4)40-20-42-33(6)59(8,17-16-45(76)72(24-46(77)73(26-48(79)80)27-49(81)82)25-47(78)74(28-50(83)84)29-51(85)86)56(71-42)54-55-53(32(5)41(70-55)21-43-37(10-2)30(3)39(68-43)22-44(52)69-40)57(87)75(58(54)88)23-35-14-15-36(60(62,63)64)19-38(35)61(65,66)67/h14-15,19-22,33-34,68-69,87-88H,9-13,16-18,23-29H2,1-8H3,(H,79,80)(H,81,82)(H,83,84)(H,85,86). The third-order valence-corrected chi connectivity index (χ3v) is 16.6. The second kappa shape index (κ2) is 26.8. The number of aryl methyl sites for hydroxylation is 4. The predicted molar refractivity (Wildman–Crippen MR) is 311 cm³/mol. The van der Waals surface area contributed by atoms with Gasteiger partial charge in [-0.2, -0.15) is 26.3 Å².